The van der Waals surface area contributed by atoms with Crippen molar-refractivity contribution in [2.75, 3.05) is 20.1 Å². The Morgan fingerprint density at radius 3 is 2.06 bits per heavy atom. The molecule has 1 rings (SSSR count). The van der Waals surface area contributed by atoms with Gasteiger partial charge in [0.1, 0.15) is 0 Å². The van der Waals surface area contributed by atoms with E-state index < -0.39 is 0 Å². The van der Waals surface area contributed by atoms with Crippen molar-refractivity contribution in [2.24, 2.45) is 11.7 Å². The lowest BCUT2D eigenvalue weighted by Gasteiger charge is -2.34. The molecular formula is C14H29N3O. The Hall–Kier alpha value is -0.610. The van der Waals surface area contributed by atoms with Crippen molar-refractivity contribution in [1.82, 2.24) is 9.80 Å². The summed E-state index contributed by atoms with van der Waals surface area (Å²) in [4.78, 5) is 16.4. The van der Waals surface area contributed by atoms with Gasteiger partial charge in [0.2, 0.25) is 5.91 Å². The summed E-state index contributed by atoms with van der Waals surface area (Å²) in [6.07, 6.45) is 2.52. The van der Waals surface area contributed by atoms with Gasteiger partial charge in [-0.05, 0) is 53.5 Å². The number of carbonyl (C=O) groups is 1. The highest BCUT2D eigenvalue weighted by Crippen LogP contribution is 2.34. The first-order valence-electron chi connectivity index (χ1n) is 7.10. The maximum absolute atomic E-state index is 12.3. The maximum Gasteiger partial charge on any atom is 0.237 e. The third-order valence-corrected chi connectivity index (χ3v) is 3.76. The standard InChI is InChI=1S/C14H29N3O/c1-10(2)17(11(3)4)14(18)9-16(5)13(8-15)12-6-7-12/h10-13H,6-9,15H2,1-5H3. The molecule has 0 heterocycles. The predicted octanol–water partition coefficient (Wildman–Crippen LogP) is 1.30. The molecule has 0 radical (unpaired) electrons. The van der Waals surface area contributed by atoms with Gasteiger partial charge in [0.05, 0.1) is 6.54 Å². The zero-order valence-corrected chi connectivity index (χ0v) is 12.5. The van der Waals surface area contributed by atoms with Crippen molar-refractivity contribution in [2.45, 2.75) is 58.7 Å². The Bertz CT molecular complexity index is 266. The first-order valence-corrected chi connectivity index (χ1v) is 7.10. The number of likely N-dealkylation sites (N-methyl/N-ethyl adjacent to an activating group) is 1. The number of rotatable bonds is 7. The van der Waals surface area contributed by atoms with E-state index in [4.69, 9.17) is 5.73 Å². The molecule has 0 aromatic heterocycles. The van der Waals surface area contributed by atoms with E-state index in [0.717, 1.165) is 0 Å². The van der Waals surface area contributed by atoms with Crippen molar-refractivity contribution in [1.29, 1.82) is 0 Å². The van der Waals surface area contributed by atoms with E-state index in [9.17, 15) is 4.79 Å². The molecule has 4 nitrogen and oxygen atoms in total. The molecule has 1 atom stereocenters. The molecule has 0 aromatic carbocycles. The van der Waals surface area contributed by atoms with Crippen LogP contribution in [-0.2, 0) is 4.79 Å². The van der Waals surface area contributed by atoms with Crippen LogP contribution in [0.15, 0.2) is 0 Å². The average Bonchev–Trinajstić information content (AvgIpc) is 3.01. The number of hydrogen-bond donors (Lipinski definition) is 1. The predicted molar refractivity (Wildman–Crippen MR) is 75.3 cm³/mol. The van der Waals surface area contributed by atoms with Crippen LogP contribution in [0.4, 0.5) is 0 Å². The quantitative estimate of drug-likeness (QED) is 0.746. The van der Waals surface area contributed by atoms with E-state index in [1.54, 1.807) is 0 Å². The van der Waals surface area contributed by atoms with Gasteiger partial charge < -0.3 is 10.6 Å². The third-order valence-electron chi connectivity index (χ3n) is 3.76. The largest absolute Gasteiger partial charge is 0.337 e. The molecule has 0 aromatic rings. The first-order chi connectivity index (χ1) is 8.38. The monoisotopic (exact) mass is 255 g/mol. The van der Waals surface area contributed by atoms with E-state index in [1.807, 2.05) is 11.9 Å². The van der Waals surface area contributed by atoms with Gasteiger partial charge in [0.25, 0.3) is 0 Å². The molecule has 2 N–H and O–H groups in total. The molecule has 18 heavy (non-hydrogen) atoms. The molecule has 1 aliphatic rings. The fourth-order valence-electron chi connectivity index (χ4n) is 2.80. The second-order valence-electron chi connectivity index (χ2n) is 6.04. The molecule has 106 valence electrons. The lowest BCUT2D eigenvalue weighted by molar-refractivity contribution is -0.136. The van der Waals surface area contributed by atoms with Crippen LogP contribution in [0.2, 0.25) is 0 Å². The normalized spacial score (nSPS) is 17.6. The van der Waals surface area contributed by atoms with Gasteiger partial charge in [0, 0.05) is 24.7 Å². The van der Waals surface area contributed by atoms with Crippen LogP contribution in [0.1, 0.15) is 40.5 Å². The Morgan fingerprint density at radius 1 is 1.22 bits per heavy atom. The molecule has 0 bridgehead atoms. The van der Waals surface area contributed by atoms with Gasteiger partial charge in [-0.25, -0.2) is 0 Å². The smallest absolute Gasteiger partial charge is 0.237 e. The molecule has 0 aliphatic heterocycles. The number of nitrogens with two attached hydrogens (primary N) is 1. The zero-order chi connectivity index (χ0) is 13.9. The summed E-state index contributed by atoms with van der Waals surface area (Å²) in [7, 11) is 2.02. The fraction of sp³-hybridized carbons (Fsp3) is 0.929. The minimum atomic E-state index is 0.210. The highest BCUT2D eigenvalue weighted by Gasteiger charge is 2.34. The molecule has 1 unspecified atom stereocenters. The minimum absolute atomic E-state index is 0.210. The summed E-state index contributed by atoms with van der Waals surface area (Å²) in [5, 5.41) is 0. The highest BCUT2D eigenvalue weighted by atomic mass is 16.2. The molecule has 0 saturated heterocycles. The second kappa shape index (κ2) is 6.53. The summed E-state index contributed by atoms with van der Waals surface area (Å²) in [5.41, 5.74) is 5.82. The Morgan fingerprint density at radius 2 is 1.72 bits per heavy atom. The topological polar surface area (TPSA) is 49.6 Å². The lowest BCUT2D eigenvalue weighted by atomic mass is 10.1. The molecule has 1 fully saturated rings. The maximum atomic E-state index is 12.3. The van der Waals surface area contributed by atoms with Gasteiger partial charge in [-0.15, -0.1) is 0 Å². The fourth-order valence-corrected chi connectivity index (χ4v) is 2.80. The second-order valence-corrected chi connectivity index (χ2v) is 6.04. The van der Waals surface area contributed by atoms with E-state index in [0.29, 0.717) is 25.0 Å². The summed E-state index contributed by atoms with van der Waals surface area (Å²) in [5.74, 6) is 0.918. The van der Waals surface area contributed by atoms with E-state index in [1.165, 1.54) is 12.8 Å². The number of carbonyl (C=O) groups excluding carboxylic acids is 1. The van der Waals surface area contributed by atoms with Crippen molar-refractivity contribution < 1.29 is 4.79 Å². The highest BCUT2D eigenvalue weighted by molar-refractivity contribution is 5.78. The summed E-state index contributed by atoms with van der Waals surface area (Å²) < 4.78 is 0. The SMILES string of the molecule is CC(C)N(C(=O)CN(C)C(CN)C1CC1)C(C)C. The van der Waals surface area contributed by atoms with E-state index in [-0.39, 0.29) is 18.0 Å². The van der Waals surface area contributed by atoms with Crippen LogP contribution in [0, 0.1) is 5.92 Å². The lowest BCUT2D eigenvalue weighted by Crippen LogP contribution is -2.50. The summed E-state index contributed by atoms with van der Waals surface area (Å²) in [6, 6.07) is 0.876. The van der Waals surface area contributed by atoms with Gasteiger partial charge in [-0.2, -0.15) is 0 Å². The summed E-state index contributed by atoms with van der Waals surface area (Å²) >= 11 is 0. The van der Waals surface area contributed by atoms with Gasteiger partial charge in [-0.3, -0.25) is 9.69 Å². The van der Waals surface area contributed by atoms with E-state index >= 15 is 0 Å². The van der Waals surface area contributed by atoms with Gasteiger partial charge in [-0.1, -0.05) is 0 Å². The van der Waals surface area contributed by atoms with Crippen molar-refractivity contribution in [3.8, 4) is 0 Å². The Balaban J connectivity index is 2.56. The van der Waals surface area contributed by atoms with Crippen LogP contribution in [0.3, 0.4) is 0 Å². The van der Waals surface area contributed by atoms with Crippen molar-refractivity contribution in [3.05, 3.63) is 0 Å². The number of hydrogen-bond acceptors (Lipinski definition) is 3. The Labute approximate surface area is 111 Å². The first kappa shape index (κ1) is 15.4. The van der Waals surface area contributed by atoms with Crippen molar-refractivity contribution in [3.63, 3.8) is 0 Å². The molecule has 4 heteroatoms. The van der Waals surface area contributed by atoms with Gasteiger partial charge >= 0.3 is 0 Å². The molecule has 0 spiro atoms. The molecule has 1 saturated carbocycles. The minimum Gasteiger partial charge on any atom is -0.337 e. The van der Waals surface area contributed by atoms with Crippen LogP contribution in [0.5, 0.6) is 0 Å². The van der Waals surface area contributed by atoms with Crippen LogP contribution < -0.4 is 5.73 Å². The van der Waals surface area contributed by atoms with Crippen molar-refractivity contribution >= 4 is 5.91 Å². The van der Waals surface area contributed by atoms with Crippen LogP contribution in [-0.4, -0.2) is 54.0 Å². The summed E-state index contributed by atoms with van der Waals surface area (Å²) in [6.45, 7) is 9.41. The molecule has 1 amide bonds. The Kier molecular flexibility index (Phi) is 5.60. The van der Waals surface area contributed by atoms with E-state index in [2.05, 4.69) is 32.6 Å². The number of amides is 1. The molecular weight excluding hydrogens is 226 g/mol. The third kappa shape index (κ3) is 3.95. The van der Waals surface area contributed by atoms with Gasteiger partial charge in [0.15, 0.2) is 0 Å². The zero-order valence-electron chi connectivity index (χ0n) is 12.5. The average molecular weight is 255 g/mol. The van der Waals surface area contributed by atoms with Crippen LogP contribution >= 0.6 is 0 Å². The van der Waals surface area contributed by atoms with Crippen LogP contribution in [0.25, 0.3) is 0 Å². The number of nitrogens with zero attached hydrogens (tertiary/aromatic N) is 2. The molecule has 1 aliphatic carbocycles.